The highest BCUT2D eigenvalue weighted by Gasteiger charge is 2.27. The van der Waals surface area contributed by atoms with Gasteiger partial charge >= 0.3 is 0 Å². The number of hydrogen-bond donors (Lipinski definition) is 1. The fourth-order valence-electron chi connectivity index (χ4n) is 3.57. The van der Waals surface area contributed by atoms with Gasteiger partial charge in [-0.05, 0) is 49.7 Å². The maximum absolute atomic E-state index is 13.4. The van der Waals surface area contributed by atoms with Crippen molar-refractivity contribution in [2.75, 3.05) is 5.32 Å². The average Bonchev–Trinajstić information content (AvgIpc) is 3.06. The van der Waals surface area contributed by atoms with E-state index >= 15 is 0 Å². The molecule has 1 N–H and O–H groups in total. The van der Waals surface area contributed by atoms with Crippen molar-refractivity contribution in [2.24, 2.45) is 11.8 Å². The van der Waals surface area contributed by atoms with Crippen LogP contribution in [0.4, 0.5) is 14.5 Å². The van der Waals surface area contributed by atoms with Crippen LogP contribution in [0.15, 0.2) is 30.6 Å². The summed E-state index contributed by atoms with van der Waals surface area (Å²) in [6.07, 6.45) is 4.25. The van der Waals surface area contributed by atoms with Crippen molar-refractivity contribution >= 4 is 11.6 Å². The van der Waals surface area contributed by atoms with Crippen LogP contribution >= 0.6 is 0 Å². The van der Waals surface area contributed by atoms with Gasteiger partial charge in [0.05, 0.1) is 11.7 Å². The van der Waals surface area contributed by atoms with E-state index in [0.29, 0.717) is 11.8 Å². The molecule has 1 amide bonds. The van der Waals surface area contributed by atoms with E-state index in [1.165, 1.54) is 18.5 Å². The first-order valence-electron chi connectivity index (χ1n) is 9.05. The quantitative estimate of drug-likeness (QED) is 0.827. The average molecular weight is 362 g/mol. The Morgan fingerprint density at radius 2 is 1.96 bits per heavy atom. The van der Waals surface area contributed by atoms with Crippen LogP contribution in [-0.4, -0.2) is 20.7 Å². The monoisotopic (exact) mass is 362 g/mol. The number of nitrogens with zero attached hydrogens (tertiary/aromatic N) is 3. The number of rotatable bonds is 5. The van der Waals surface area contributed by atoms with Crippen LogP contribution in [0.2, 0.25) is 0 Å². The predicted molar refractivity (Wildman–Crippen MR) is 95.2 cm³/mol. The van der Waals surface area contributed by atoms with Crippen LogP contribution in [0.5, 0.6) is 0 Å². The molecule has 140 valence electrons. The lowest BCUT2D eigenvalue weighted by atomic mass is 9.80. The van der Waals surface area contributed by atoms with Crippen molar-refractivity contribution in [3.63, 3.8) is 0 Å². The summed E-state index contributed by atoms with van der Waals surface area (Å²) in [6.45, 7) is 4.44. The first kappa shape index (κ1) is 18.5. The molecule has 26 heavy (non-hydrogen) atoms. The summed E-state index contributed by atoms with van der Waals surface area (Å²) in [5.74, 6) is 0.800. The van der Waals surface area contributed by atoms with Crippen LogP contribution in [0.25, 0.3) is 0 Å². The highest BCUT2D eigenvalue weighted by Crippen LogP contribution is 2.37. The summed E-state index contributed by atoms with van der Waals surface area (Å²) in [4.78, 5) is 16.2. The molecule has 7 heteroatoms. The highest BCUT2D eigenvalue weighted by molar-refractivity contribution is 6.03. The Bertz CT molecular complexity index is 737. The normalized spacial score (nSPS) is 20.5. The number of anilines is 1. The highest BCUT2D eigenvalue weighted by atomic mass is 19.3. The summed E-state index contributed by atoms with van der Waals surface area (Å²) in [5, 5.41) is 6.61. The maximum atomic E-state index is 13.4. The zero-order valence-electron chi connectivity index (χ0n) is 15.0. The topological polar surface area (TPSA) is 59.8 Å². The maximum Gasteiger partial charge on any atom is 0.284 e. The van der Waals surface area contributed by atoms with E-state index in [1.54, 1.807) is 16.8 Å². The van der Waals surface area contributed by atoms with Crippen molar-refractivity contribution in [1.82, 2.24) is 14.8 Å². The predicted octanol–water partition coefficient (Wildman–Crippen LogP) is 4.86. The van der Waals surface area contributed by atoms with Gasteiger partial charge in [-0.15, -0.1) is 0 Å². The van der Waals surface area contributed by atoms with Crippen molar-refractivity contribution in [1.29, 1.82) is 0 Å². The second-order valence-corrected chi connectivity index (χ2v) is 7.19. The molecule has 1 saturated carbocycles. The summed E-state index contributed by atoms with van der Waals surface area (Å²) in [5.41, 5.74) is -0.153. The van der Waals surface area contributed by atoms with E-state index in [9.17, 15) is 13.6 Å². The summed E-state index contributed by atoms with van der Waals surface area (Å²) in [6, 6.07) is 5.00. The molecule has 2 heterocycles. The molecule has 0 spiro atoms. The van der Waals surface area contributed by atoms with E-state index in [4.69, 9.17) is 0 Å². The number of nitrogens with one attached hydrogen (secondary N) is 1. The summed E-state index contributed by atoms with van der Waals surface area (Å²) in [7, 11) is 0. The zero-order chi connectivity index (χ0) is 18.7. The van der Waals surface area contributed by atoms with Gasteiger partial charge < -0.3 is 5.32 Å². The Kier molecular flexibility index (Phi) is 5.64. The van der Waals surface area contributed by atoms with Gasteiger partial charge in [0.15, 0.2) is 5.69 Å². The van der Waals surface area contributed by atoms with E-state index in [0.717, 1.165) is 25.7 Å². The van der Waals surface area contributed by atoms with E-state index in [1.807, 2.05) is 0 Å². The number of aromatic nitrogens is 3. The molecule has 2 aromatic heterocycles. The van der Waals surface area contributed by atoms with Gasteiger partial charge in [-0.1, -0.05) is 19.9 Å². The van der Waals surface area contributed by atoms with Gasteiger partial charge in [-0.25, -0.2) is 8.78 Å². The van der Waals surface area contributed by atoms with Crippen LogP contribution in [0.3, 0.4) is 0 Å². The third-order valence-electron chi connectivity index (χ3n) is 5.17. The van der Waals surface area contributed by atoms with Gasteiger partial charge in [-0.3, -0.25) is 14.5 Å². The number of amides is 1. The molecule has 1 aliphatic carbocycles. The van der Waals surface area contributed by atoms with Gasteiger partial charge in [-0.2, -0.15) is 5.10 Å². The molecular formula is C19H24F2N4O. The number of pyridine rings is 1. The van der Waals surface area contributed by atoms with Crippen LogP contribution in [0, 0.1) is 11.8 Å². The zero-order valence-corrected chi connectivity index (χ0v) is 15.0. The minimum atomic E-state index is -2.75. The lowest BCUT2D eigenvalue weighted by molar-refractivity contribution is 0.102. The first-order chi connectivity index (χ1) is 12.5. The molecule has 0 aromatic carbocycles. The third-order valence-corrected chi connectivity index (χ3v) is 5.17. The van der Waals surface area contributed by atoms with Crippen molar-refractivity contribution < 1.29 is 13.6 Å². The molecule has 1 fully saturated rings. The van der Waals surface area contributed by atoms with E-state index in [-0.39, 0.29) is 23.1 Å². The lowest BCUT2D eigenvalue weighted by Gasteiger charge is -2.30. The van der Waals surface area contributed by atoms with E-state index in [2.05, 4.69) is 29.2 Å². The first-order valence-corrected chi connectivity index (χ1v) is 9.05. The molecule has 3 rings (SSSR count). The number of hydrogen-bond acceptors (Lipinski definition) is 3. The molecular weight excluding hydrogens is 338 g/mol. The smallest absolute Gasteiger partial charge is 0.284 e. The fourth-order valence-corrected chi connectivity index (χ4v) is 3.57. The van der Waals surface area contributed by atoms with Gasteiger partial charge in [0, 0.05) is 12.4 Å². The number of alkyl halides is 2. The molecule has 1 aliphatic rings. The standard InChI is InChI=1S/C19H24F2N4O/c1-12(2)13-6-8-14(9-7-13)25-11-16(17(24-25)18(20)21)23-19(26)15-5-3-4-10-22-15/h3-5,10-14,18H,6-9H2,1-2H3,(H,23,26)/t13-,14-. The van der Waals surface area contributed by atoms with Gasteiger partial charge in [0.25, 0.3) is 12.3 Å². The Labute approximate surface area is 151 Å². The number of carbonyl (C=O) groups excluding carboxylic acids is 1. The van der Waals surface area contributed by atoms with Gasteiger partial charge in [0.1, 0.15) is 5.69 Å². The largest absolute Gasteiger partial charge is 0.318 e. The molecule has 0 bridgehead atoms. The summed E-state index contributed by atoms with van der Waals surface area (Å²) < 4.78 is 28.4. The van der Waals surface area contributed by atoms with Crippen LogP contribution in [-0.2, 0) is 0 Å². The SMILES string of the molecule is CC(C)[C@H]1CC[C@H](n2cc(NC(=O)c3ccccn3)c(C(F)F)n2)CC1. The Morgan fingerprint density at radius 1 is 1.23 bits per heavy atom. The van der Waals surface area contributed by atoms with Crippen molar-refractivity contribution in [2.45, 2.75) is 52.0 Å². The molecule has 2 aromatic rings. The second kappa shape index (κ2) is 7.93. The molecule has 5 nitrogen and oxygen atoms in total. The van der Waals surface area contributed by atoms with Crippen molar-refractivity contribution in [3.8, 4) is 0 Å². The molecule has 0 radical (unpaired) electrons. The van der Waals surface area contributed by atoms with Crippen molar-refractivity contribution in [3.05, 3.63) is 42.0 Å². The van der Waals surface area contributed by atoms with Gasteiger partial charge in [0.2, 0.25) is 0 Å². The minimum absolute atomic E-state index is 0.0571. The third kappa shape index (κ3) is 4.08. The summed E-state index contributed by atoms with van der Waals surface area (Å²) >= 11 is 0. The molecule has 0 aliphatic heterocycles. The Morgan fingerprint density at radius 3 is 2.54 bits per heavy atom. The lowest BCUT2D eigenvalue weighted by Crippen LogP contribution is -2.21. The Balaban J connectivity index is 1.76. The second-order valence-electron chi connectivity index (χ2n) is 7.19. The van der Waals surface area contributed by atoms with Crippen LogP contribution < -0.4 is 5.32 Å². The number of carbonyl (C=O) groups is 1. The van der Waals surface area contributed by atoms with Crippen LogP contribution in [0.1, 0.15) is 68.2 Å². The molecule has 0 unspecified atom stereocenters. The fraction of sp³-hybridized carbons (Fsp3) is 0.526. The molecule has 0 saturated heterocycles. The van der Waals surface area contributed by atoms with E-state index < -0.39 is 12.3 Å². The Hall–Kier alpha value is -2.31. The number of halogens is 2. The minimum Gasteiger partial charge on any atom is -0.318 e. The molecule has 0 atom stereocenters.